The SMILES string of the molecule is CN(CC(=O)N[C@@H]1CCNC[C@H]1O)Cc1ccccc1F.Cl.Cl. The molecule has 1 aliphatic rings. The monoisotopic (exact) mass is 367 g/mol. The van der Waals surface area contributed by atoms with Gasteiger partial charge in [0.1, 0.15) is 5.82 Å². The van der Waals surface area contributed by atoms with Crippen molar-refractivity contribution >= 4 is 30.7 Å². The van der Waals surface area contributed by atoms with Crippen molar-refractivity contribution in [3.63, 3.8) is 0 Å². The third kappa shape index (κ3) is 7.01. The number of nitrogens with one attached hydrogen (secondary N) is 2. The van der Waals surface area contributed by atoms with Gasteiger partial charge in [-0.3, -0.25) is 9.69 Å². The molecule has 8 heteroatoms. The molecule has 0 bridgehead atoms. The van der Waals surface area contributed by atoms with Gasteiger partial charge in [-0.25, -0.2) is 4.39 Å². The first-order valence-corrected chi connectivity index (χ1v) is 7.16. The highest BCUT2D eigenvalue weighted by atomic mass is 35.5. The van der Waals surface area contributed by atoms with E-state index in [9.17, 15) is 14.3 Å². The highest BCUT2D eigenvalue weighted by molar-refractivity contribution is 5.85. The fraction of sp³-hybridized carbons (Fsp3) is 0.533. The molecule has 1 saturated heterocycles. The van der Waals surface area contributed by atoms with Crippen LogP contribution in [-0.4, -0.2) is 54.7 Å². The van der Waals surface area contributed by atoms with Gasteiger partial charge in [-0.05, 0) is 26.1 Å². The summed E-state index contributed by atoms with van der Waals surface area (Å²) >= 11 is 0. The van der Waals surface area contributed by atoms with Crippen LogP contribution < -0.4 is 10.6 Å². The molecular formula is C15H24Cl2FN3O2. The summed E-state index contributed by atoms with van der Waals surface area (Å²) in [5.74, 6) is -0.418. The van der Waals surface area contributed by atoms with Crippen molar-refractivity contribution in [1.29, 1.82) is 0 Å². The number of rotatable bonds is 5. The maximum Gasteiger partial charge on any atom is 0.234 e. The summed E-state index contributed by atoms with van der Waals surface area (Å²) in [5, 5.41) is 15.7. The fourth-order valence-corrected chi connectivity index (χ4v) is 2.48. The maximum absolute atomic E-state index is 13.5. The Morgan fingerprint density at radius 2 is 2.13 bits per heavy atom. The molecule has 1 heterocycles. The summed E-state index contributed by atoms with van der Waals surface area (Å²) in [4.78, 5) is 13.7. The van der Waals surface area contributed by atoms with Crippen molar-refractivity contribution in [3.8, 4) is 0 Å². The minimum atomic E-state index is -0.556. The predicted molar refractivity (Wildman–Crippen MR) is 92.7 cm³/mol. The molecular weight excluding hydrogens is 344 g/mol. The number of hydrogen-bond acceptors (Lipinski definition) is 4. The van der Waals surface area contributed by atoms with E-state index in [-0.39, 0.29) is 49.1 Å². The summed E-state index contributed by atoms with van der Waals surface area (Å²) < 4.78 is 13.5. The summed E-state index contributed by atoms with van der Waals surface area (Å²) in [6.45, 7) is 1.82. The van der Waals surface area contributed by atoms with Gasteiger partial charge in [0.15, 0.2) is 0 Å². The highest BCUT2D eigenvalue weighted by Crippen LogP contribution is 2.09. The zero-order valence-electron chi connectivity index (χ0n) is 13.0. The number of carbonyl (C=O) groups is 1. The largest absolute Gasteiger partial charge is 0.390 e. The Morgan fingerprint density at radius 3 is 2.78 bits per heavy atom. The van der Waals surface area contributed by atoms with Crippen LogP contribution in [0.25, 0.3) is 0 Å². The van der Waals surface area contributed by atoms with Gasteiger partial charge in [0.2, 0.25) is 5.91 Å². The summed E-state index contributed by atoms with van der Waals surface area (Å²) in [6.07, 6.45) is 0.156. The van der Waals surface area contributed by atoms with Crippen molar-refractivity contribution < 1.29 is 14.3 Å². The number of amides is 1. The van der Waals surface area contributed by atoms with Crippen molar-refractivity contribution in [2.24, 2.45) is 0 Å². The predicted octanol–water partition coefficient (Wildman–Crippen LogP) is 0.940. The molecule has 0 saturated carbocycles. The second-order valence-electron chi connectivity index (χ2n) is 5.50. The van der Waals surface area contributed by atoms with E-state index in [1.54, 1.807) is 30.1 Å². The van der Waals surface area contributed by atoms with Crippen LogP contribution in [0.5, 0.6) is 0 Å². The van der Waals surface area contributed by atoms with Gasteiger partial charge in [0.05, 0.1) is 18.7 Å². The van der Waals surface area contributed by atoms with Crippen molar-refractivity contribution in [1.82, 2.24) is 15.5 Å². The van der Waals surface area contributed by atoms with Gasteiger partial charge in [0, 0.05) is 18.7 Å². The molecule has 0 radical (unpaired) electrons. The third-order valence-electron chi connectivity index (χ3n) is 3.61. The molecule has 2 rings (SSSR count). The first-order valence-electron chi connectivity index (χ1n) is 7.16. The lowest BCUT2D eigenvalue weighted by Gasteiger charge is -2.29. The van der Waals surface area contributed by atoms with Crippen LogP contribution in [0.4, 0.5) is 4.39 Å². The second kappa shape index (κ2) is 10.8. The van der Waals surface area contributed by atoms with E-state index in [4.69, 9.17) is 0 Å². The van der Waals surface area contributed by atoms with Gasteiger partial charge < -0.3 is 15.7 Å². The van der Waals surface area contributed by atoms with Crippen LogP contribution >= 0.6 is 24.8 Å². The first kappa shape index (κ1) is 22.1. The van der Waals surface area contributed by atoms with Crippen LogP contribution in [0.1, 0.15) is 12.0 Å². The van der Waals surface area contributed by atoms with E-state index in [0.717, 1.165) is 6.54 Å². The van der Waals surface area contributed by atoms with Crippen molar-refractivity contribution in [2.75, 3.05) is 26.7 Å². The Labute approximate surface area is 148 Å². The number of aliphatic hydroxyl groups is 1. The molecule has 0 spiro atoms. The van der Waals surface area contributed by atoms with E-state index >= 15 is 0 Å². The molecule has 3 N–H and O–H groups in total. The van der Waals surface area contributed by atoms with Gasteiger partial charge in [-0.1, -0.05) is 18.2 Å². The molecule has 1 aromatic rings. The number of benzene rings is 1. The van der Waals surface area contributed by atoms with Gasteiger partial charge in [-0.15, -0.1) is 24.8 Å². The van der Waals surface area contributed by atoms with Gasteiger partial charge >= 0.3 is 0 Å². The number of piperidine rings is 1. The highest BCUT2D eigenvalue weighted by Gasteiger charge is 2.24. The molecule has 0 aliphatic carbocycles. The van der Waals surface area contributed by atoms with Gasteiger partial charge in [0.25, 0.3) is 0 Å². The lowest BCUT2D eigenvalue weighted by atomic mass is 10.0. The summed E-state index contributed by atoms with van der Waals surface area (Å²) in [6, 6.07) is 6.33. The minimum Gasteiger partial charge on any atom is -0.390 e. The number of nitrogens with zero attached hydrogens (tertiary/aromatic N) is 1. The lowest BCUT2D eigenvalue weighted by Crippen LogP contribution is -2.54. The lowest BCUT2D eigenvalue weighted by molar-refractivity contribution is -0.123. The van der Waals surface area contributed by atoms with E-state index in [2.05, 4.69) is 10.6 Å². The van der Waals surface area contributed by atoms with E-state index in [1.165, 1.54) is 6.07 Å². The Hall–Kier alpha value is -0.920. The maximum atomic E-state index is 13.5. The number of carbonyl (C=O) groups excluding carboxylic acids is 1. The van der Waals surface area contributed by atoms with Crippen LogP contribution in [0.3, 0.4) is 0 Å². The molecule has 1 aromatic carbocycles. The fourth-order valence-electron chi connectivity index (χ4n) is 2.48. The second-order valence-corrected chi connectivity index (χ2v) is 5.50. The zero-order valence-corrected chi connectivity index (χ0v) is 14.6. The zero-order chi connectivity index (χ0) is 15.2. The van der Waals surface area contributed by atoms with Gasteiger partial charge in [-0.2, -0.15) is 0 Å². The van der Waals surface area contributed by atoms with Crippen molar-refractivity contribution in [3.05, 3.63) is 35.6 Å². The average Bonchev–Trinajstić information content (AvgIpc) is 2.44. The quantitative estimate of drug-likeness (QED) is 0.724. The smallest absolute Gasteiger partial charge is 0.234 e. The minimum absolute atomic E-state index is 0. The molecule has 5 nitrogen and oxygen atoms in total. The third-order valence-corrected chi connectivity index (χ3v) is 3.61. The molecule has 0 aromatic heterocycles. The van der Waals surface area contributed by atoms with Crippen LogP contribution in [0, 0.1) is 5.82 Å². The Bertz CT molecular complexity index is 494. The molecule has 2 atom stereocenters. The first-order chi connectivity index (χ1) is 10.1. The Balaban J connectivity index is 0.00000242. The number of likely N-dealkylation sites (N-methyl/N-ethyl adjacent to an activating group) is 1. The average molecular weight is 368 g/mol. The molecule has 1 amide bonds. The Kier molecular flexibility index (Phi) is 10.3. The number of hydrogen-bond donors (Lipinski definition) is 3. The number of halogens is 3. The number of aliphatic hydroxyl groups excluding tert-OH is 1. The van der Waals surface area contributed by atoms with E-state index in [0.29, 0.717) is 25.1 Å². The Morgan fingerprint density at radius 1 is 1.43 bits per heavy atom. The van der Waals surface area contributed by atoms with Crippen LogP contribution in [0.15, 0.2) is 24.3 Å². The summed E-state index contributed by atoms with van der Waals surface area (Å²) in [5.41, 5.74) is 0.565. The van der Waals surface area contributed by atoms with E-state index < -0.39 is 6.10 Å². The topological polar surface area (TPSA) is 64.6 Å². The van der Waals surface area contributed by atoms with Crippen LogP contribution in [0.2, 0.25) is 0 Å². The van der Waals surface area contributed by atoms with Crippen molar-refractivity contribution in [2.45, 2.75) is 25.1 Å². The molecule has 1 fully saturated rings. The molecule has 1 aliphatic heterocycles. The van der Waals surface area contributed by atoms with E-state index in [1.807, 2.05) is 0 Å². The standard InChI is InChI=1S/C15H22FN3O2.2ClH/c1-19(9-11-4-2-3-5-12(11)16)10-15(21)18-13-6-7-17-8-14(13)20;;/h2-5,13-14,17,20H,6-10H2,1H3,(H,18,21);2*1H/t13-,14-;;/m1../s1. The summed E-state index contributed by atoms with van der Waals surface area (Å²) in [7, 11) is 1.77. The number of β-amino-alcohol motifs (C(OH)–C–C–N with tert-alkyl or cyclic N) is 1. The normalized spacial score (nSPS) is 20.3. The molecule has 23 heavy (non-hydrogen) atoms. The molecule has 132 valence electrons. The van der Waals surface area contributed by atoms with Crippen LogP contribution in [-0.2, 0) is 11.3 Å². The molecule has 0 unspecified atom stereocenters.